The third kappa shape index (κ3) is 3.95. The Morgan fingerprint density at radius 2 is 1.92 bits per heavy atom. The Morgan fingerprint density at radius 1 is 1.12 bits per heavy atom. The van der Waals surface area contributed by atoms with E-state index >= 15 is 0 Å². The molecule has 0 aliphatic carbocycles. The Hall–Kier alpha value is -2.22. The summed E-state index contributed by atoms with van der Waals surface area (Å²) >= 11 is 4.55. The molecule has 0 atom stereocenters. The van der Waals surface area contributed by atoms with Gasteiger partial charge in [-0.2, -0.15) is 0 Å². The molecule has 0 aliphatic heterocycles. The Kier molecular flexibility index (Phi) is 5.01. The van der Waals surface area contributed by atoms with E-state index in [1.165, 1.54) is 28.7 Å². The van der Waals surface area contributed by atoms with E-state index in [-0.39, 0.29) is 5.91 Å². The van der Waals surface area contributed by atoms with Crippen molar-refractivity contribution in [2.24, 2.45) is 0 Å². The van der Waals surface area contributed by atoms with Gasteiger partial charge in [-0.1, -0.05) is 29.8 Å². The first-order valence-corrected chi connectivity index (χ1v) is 10.7. The number of carbonyl (C=O) groups excluding carboxylic acids is 1. The quantitative estimate of drug-likeness (QED) is 0.454. The molecule has 0 aliphatic rings. The van der Waals surface area contributed by atoms with Crippen molar-refractivity contribution in [1.29, 1.82) is 0 Å². The van der Waals surface area contributed by atoms with Crippen molar-refractivity contribution in [3.8, 4) is 10.7 Å². The monoisotopic (exact) mass is 397 g/mol. The summed E-state index contributed by atoms with van der Waals surface area (Å²) in [6, 6.07) is 16.2. The maximum atomic E-state index is 12.2. The minimum absolute atomic E-state index is 0.0548. The van der Waals surface area contributed by atoms with Gasteiger partial charge in [-0.3, -0.25) is 4.79 Å². The van der Waals surface area contributed by atoms with Crippen LogP contribution < -0.4 is 5.32 Å². The van der Waals surface area contributed by atoms with Crippen LogP contribution in [-0.2, 0) is 4.79 Å². The molecule has 26 heavy (non-hydrogen) atoms. The molecule has 0 bridgehead atoms. The number of aryl methyl sites for hydroxylation is 1. The molecule has 0 unspecified atom stereocenters. The highest BCUT2D eigenvalue weighted by atomic mass is 32.2. The van der Waals surface area contributed by atoms with Gasteiger partial charge in [0, 0.05) is 10.3 Å². The summed E-state index contributed by atoms with van der Waals surface area (Å²) in [5, 5.41) is 6.28. The molecule has 7 heteroatoms. The molecule has 0 radical (unpaired) electrons. The van der Waals surface area contributed by atoms with Crippen LogP contribution in [0, 0.1) is 6.92 Å². The number of fused-ring (bicyclic) bond motifs is 1. The number of anilines is 1. The van der Waals surface area contributed by atoms with Crippen molar-refractivity contribution >= 4 is 55.7 Å². The molecule has 1 N–H and O–H groups in total. The predicted molar refractivity (Wildman–Crippen MR) is 111 cm³/mol. The lowest BCUT2D eigenvalue weighted by Gasteiger charge is -2.02. The van der Waals surface area contributed by atoms with E-state index in [1.807, 2.05) is 60.8 Å². The van der Waals surface area contributed by atoms with E-state index in [9.17, 15) is 4.79 Å². The molecule has 0 saturated heterocycles. The van der Waals surface area contributed by atoms with Crippen molar-refractivity contribution in [3.63, 3.8) is 0 Å². The van der Waals surface area contributed by atoms with Gasteiger partial charge in [0.15, 0.2) is 5.13 Å². The standard InChI is InChI=1S/C19H15N3OS3/c1-12-6-8-13(9-7-12)24-11-17(23)22-19-21-15(10-25-19)18-20-14-4-2-3-5-16(14)26-18/h2-10H,11H2,1H3,(H,21,22,23). The minimum atomic E-state index is -0.0548. The summed E-state index contributed by atoms with van der Waals surface area (Å²) in [4.78, 5) is 22.4. The highest BCUT2D eigenvalue weighted by molar-refractivity contribution is 8.00. The lowest BCUT2D eigenvalue weighted by atomic mass is 10.2. The number of benzene rings is 2. The molecule has 4 aromatic rings. The van der Waals surface area contributed by atoms with Crippen LogP contribution in [-0.4, -0.2) is 21.6 Å². The molecule has 2 heterocycles. The van der Waals surface area contributed by atoms with Gasteiger partial charge < -0.3 is 5.32 Å². The molecule has 4 nitrogen and oxygen atoms in total. The van der Waals surface area contributed by atoms with Gasteiger partial charge in [-0.05, 0) is 31.2 Å². The number of hydrogen-bond donors (Lipinski definition) is 1. The van der Waals surface area contributed by atoms with Gasteiger partial charge in [0.25, 0.3) is 0 Å². The third-order valence-electron chi connectivity index (χ3n) is 3.65. The highest BCUT2D eigenvalue weighted by Gasteiger charge is 2.12. The van der Waals surface area contributed by atoms with E-state index in [4.69, 9.17) is 0 Å². The molecule has 0 spiro atoms. The normalized spacial score (nSPS) is 11.0. The molecule has 0 fully saturated rings. The summed E-state index contributed by atoms with van der Waals surface area (Å²) in [5.74, 6) is 0.305. The number of rotatable bonds is 5. The maximum Gasteiger partial charge on any atom is 0.236 e. The number of carbonyl (C=O) groups is 1. The Labute approximate surface area is 163 Å². The van der Waals surface area contributed by atoms with Crippen LogP contribution in [0.4, 0.5) is 5.13 Å². The fraction of sp³-hybridized carbons (Fsp3) is 0.105. The lowest BCUT2D eigenvalue weighted by Crippen LogP contribution is -2.13. The number of nitrogens with zero attached hydrogens (tertiary/aromatic N) is 2. The molecule has 130 valence electrons. The van der Waals surface area contributed by atoms with E-state index < -0.39 is 0 Å². The van der Waals surface area contributed by atoms with Gasteiger partial charge in [0.05, 0.1) is 16.0 Å². The molecule has 1 amide bonds. The second-order valence-electron chi connectivity index (χ2n) is 5.67. The van der Waals surface area contributed by atoms with Crippen LogP contribution in [0.25, 0.3) is 20.9 Å². The molecular formula is C19H15N3OS3. The van der Waals surface area contributed by atoms with Gasteiger partial charge in [0.2, 0.25) is 5.91 Å². The van der Waals surface area contributed by atoms with E-state index in [0.717, 1.165) is 25.8 Å². The topological polar surface area (TPSA) is 54.9 Å². The summed E-state index contributed by atoms with van der Waals surface area (Å²) in [7, 11) is 0. The fourth-order valence-corrected chi connectivity index (χ4v) is 4.76. The zero-order chi connectivity index (χ0) is 17.9. The second-order valence-corrected chi connectivity index (χ2v) is 8.61. The van der Waals surface area contributed by atoms with Crippen LogP contribution in [0.15, 0.2) is 58.8 Å². The van der Waals surface area contributed by atoms with Crippen molar-refractivity contribution in [1.82, 2.24) is 9.97 Å². The smallest absolute Gasteiger partial charge is 0.236 e. The summed E-state index contributed by atoms with van der Waals surface area (Å²) in [6.07, 6.45) is 0. The molecule has 2 aromatic carbocycles. The lowest BCUT2D eigenvalue weighted by molar-refractivity contribution is -0.113. The minimum Gasteiger partial charge on any atom is -0.301 e. The van der Waals surface area contributed by atoms with E-state index in [2.05, 4.69) is 15.3 Å². The summed E-state index contributed by atoms with van der Waals surface area (Å²) in [6.45, 7) is 2.05. The molecular weight excluding hydrogens is 382 g/mol. The number of para-hydroxylation sites is 1. The summed E-state index contributed by atoms with van der Waals surface area (Å²) in [5.41, 5.74) is 2.99. The van der Waals surface area contributed by atoms with Crippen molar-refractivity contribution in [3.05, 3.63) is 59.5 Å². The number of thiazole rings is 2. The first-order valence-electron chi connectivity index (χ1n) is 7.98. The zero-order valence-electron chi connectivity index (χ0n) is 13.9. The number of nitrogens with one attached hydrogen (secondary N) is 1. The van der Waals surface area contributed by atoms with Crippen LogP contribution >= 0.6 is 34.4 Å². The van der Waals surface area contributed by atoms with E-state index in [0.29, 0.717) is 10.9 Å². The average Bonchev–Trinajstić information content (AvgIpc) is 3.27. The SMILES string of the molecule is Cc1ccc(SCC(=O)Nc2nc(-c3nc4ccccc4s3)cs2)cc1. The summed E-state index contributed by atoms with van der Waals surface area (Å²) < 4.78 is 1.13. The van der Waals surface area contributed by atoms with Crippen LogP contribution in [0.3, 0.4) is 0 Å². The Bertz CT molecular complexity index is 1020. The van der Waals surface area contributed by atoms with E-state index in [1.54, 1.807) is 11.3 Å². The van der Waals surface area contributed by atoms with Crippen molar-refractivity contribution in [2.45, 2.75) is 11.8 Å². The highest BCUT2D eigenvalue weighted by Crippen LogP contribution is 2.32. The average molecular weight is 398 g/mol. The van der Waals surface area contributed by atoms with Gasteiger partial charge >= 0.3 is 0 Å². The largest absolute Gasteiger partial charge is 0.301 e. The number of amides is 1. The van der Waals surface area contributed by atoms with Crippen LogP contribution in [0.5, 0.6) is 0 Å². The third-order valence-corrected chi connectivity index (χ3v) is 6.48. The maximum absolute atomic E-state index is 12.2. The molecule has 4 rings (SSSR count). The number of aromatic nitrogens is 2. The van der Waals surface area contributed by atoms with Gasteiger partial charge in [-0.15, -0.1) is 34.4 Å². The predicted octanol–water partition coefficient (Wildman–Crippen LogP) is 5.46. The Morgan fingerprint density at radius 3 is 2.73 bits per heavy atom. The van der Waals surface area contributed by atoms with Gasteiger partial charge in [-0.25, -0.2) is 9.97 Å². The number of hydrogen-bond acceptors (Lipinski definition) is 6. The van der Waals surface area contributed by atoms with Crippen molar-refractivity contribution < 1.29 is 4.79 Å². The molecule has 0 saturated carbocycles. The van der Waals surface area contributed by atoms with Gasteiger partial charge in [0.1, 0.15) is 10.7 Å². The van der Waals surface area contributed by atoms with Crippen LogP contribution in [0.1, 0.15) is 5.56 Å². The first kappa shape index (κ1) is 17.2. The fourth-order valence-electron chi connectivity index (χ4n) is 2.35. The zero-order valence-corrected chi connectivity index (χ0v) is 16.4. The van der Waals surface area contributed by atoms with Crippen LogP contribution in [0.2, 0.25) is 0 Å². The molecule has 2 aromatic heterocycles. The second kappa shape index (κ2) is 7.57. The van der Waals surface area contributed by atoms with Crippen molar-refractivity contribution in [2.75, 3.05) is 11.1 Å². The number of thioether (sulfide) groups is 1. The Balaban J connectivity index is 1.39. The first-order chi connectivity index (χ1) is 12.7.